The lowest BCUT2D eigenvalue weighted by molar-refractivity contribution is 0.0946. The Balaban J connectivity index is 1.35. The van der Waals surface area contributed by atoms with Gasteiger partial charge >= 0.3 is 0 Å². The maximum absolute atomic E-state index is 12.6. The molecule has 1 amide bonds. The number of nitrogens with one attached hydrogen (secondary N) is 2. The quantitative estimate of drug-likeness (QED) is 0.543. The van der Waals surface area contributed by atoms with Crippen LogP contribution in [-0.4, -0.2) is 33.5 Å². The van der Waals surface area contributed by atoms with Crippen LogP contribution in [0.4, 0.5) is 0 Å². The highest BCUT2D eigenvalue weighted by atomic mass is 32.2. The van der Waals surface area contributed by atoms with Crippen LogP contribution in [0.15, 0.2) is 65.6 Å². The van der Waals surface area contributed by atoms with Gasteiger partial charge in [-0.05, 0) is 60.4 Å². The average Bonchev–Trinajstić information content (AvgIpc) is 3.54. The molecule has 0 aromatic heterocycles. The lowest BCUT2D eigenvalue weighted by atomic mass is 10.1. The molecule has 156 valence electrons. The molecule has 0 saturated heterocycles. The molecule has 3 aromatic carbocycles. The molecule has 3 aromatic rings. The average molecular weight is 425 g/mol. The first-order chi connectivity index (χ1) is 14.4. The first-order valence-electron chi connectivity index (χ1n) is 9.95. The number of hydrogen-bond acceptors (Lipinski definition) is 4. The molecule has 1 fully saturated rings. The Labute approximate surface area is 176 Å². The van der Waals surface area contributed by atoms with Gasteiger partial charge in [0.15, 0.2) is 0 Å². The highest BCUT2D eigenvalue weighted by Gasteiger charge is 2.28. The Kier molecular flexibility index (Phi) is 5.74. The van der Waals surface area contributed by atoms with Crippen LogP contribution in [0.25, 0.3) is 10.8 Å². The molecule has 2 N–H and O–H groups in total. The number of rotatable bonds is 8. The van der Waals surface area contributed by atoms with Crippen LogP contribution >= 0.6 is 0 Å². The monoisotopic (exact) mass is 424 g/mol. The molecule has 7 heteroatoms. The second kappa shape index (κ2) is 8.45. The van der Waals surface area contributed by atoms with Gasteiger partial charge in [0.25, 0.3) is 5.91 Å². The van der Waals surface area contributed by atoms with Gasteiger partial charge in [0.2, 0.25) is 10.0 Å². The third kappa shape index (κ3) is 4.80. The summed E-state index contributed by atoms with van der Waals surface area (Å²) in [5.74, 6) is 0.413. The molecule has 30 heavy (non-hydrogen) atoms. The number of carbonyl (C=O) groups is 1. The summed E-state index contributed by atoms with van der Waals surface area (Å²) in [7, 11) is -3.60. The molecule has 0 heterocycles. The van der Waals surface area contributed by atoms with Gasteiger partial charge in [0.1, 0.15) is 12.4 Å². The maximum Gasteiger partial charge on any atom is 0.251 e. The largest absolute Gasteiger partial charge is 0.492 e. The lowest BCUT2D eigenvalue weighted by Crippen LogP contribution is -2.29. The molecule has 0 bridgehead atoms. The molecule has 0 aliphatic heterocycles. The summed E-state index contributed by atoms with van der Waals surface area (Å²) in [6, 6.07) is 18.5. The van der Waals surface area contributed by atoms with E-state index < -0.39 is 10.0 Å². The topological polar surface area (TPSA) is 84.5 Å². The van der Waals surface area contributed by atoms with E-state index in [9.17, 15) is 13.2 Å². The third-order valence-corrected chi connectivity index (χ3v) is 6.56. The van der Waals surface area contributed by atoms with Gasteiger partial charge in [-0.15, -0.1) is 0 Å². The van der Waals surface area contributed by atoms with E-state index in [-0.39, 0.29) is 16.8 Å². The van der Waals surface area contributed by atoms with Crippen molar-refractivity contribution in [1.82, 2.24) is 10.0 Å². The third-order valence-electron chi connectivity index (χ3n) is 5.04. The molecule has 0 radical (unpaired) electrons. The Hall–Kier alpha value is -2.90. The van der Waals surface area contributed by atoms with Crippen molar-refractivity contribution < 1.29 is 17.9 Å². The molecule has 0 spiro atoms. The second-order valence-electron chi connectivity index (χ2n) is 7.49. The molecule has 6 nitrogen and oxygen atoms in total. The van der Waals surface area contributed by atoms with E-state index in [1.165, 1.54) is 12.1 Å². The normalized spacial score (nSPS) is 13.9. The van der Waals surface area contributed by atoms with E-state index in [0.717, 1.165) is 29.4 Å². The minimum absolute atomic E-state index is 0.0147. The van der Waals surface area contributed by atoms with E-state index in [1.807, 2.05) is 42.5 Å². The highest BCUT2D eigenvalue weighted by Crippen LogP contribution is 2.23. The van der Waals surface area contributed by atoms with Crippen molar-refractivity contribution in [3.05, 3.63) is 71.8 Å². The number of sulfonamides is 1. The first kappa shape index (κ1) is 20.4. The van der Waals surface area contributed by atoms with Crippen LogP contribution in [0.1, 0.15) is 28.8 Å². The zero-order valence-electron chi connectivity index (χ0n) is 16.7. The Morgan fingerprint density at radius 3 is 2.57 bits per heavy atom. The van der Waals surface area contributed by atoms with Crippen LogP contribution in [0.3, 0.4) is 0 Å². The molecule has 1 aliphatic rings. The fourth-order valence-electron chi connectivity index (χ4n) is 3.19. The first-order valence-corrected chi connectivity index (χ1v) is 11.4. The van der Waals surface area contributed by atoms with Crippen LogP contribution in [-0.2, 0) is 10.0 Å². The predicted octanol–water partition coefficient (Wildman–Crippen LogP) is 3.40. The zero-order chi connectivity index (χ0) is 21.1. The minimum Gasteiger partial charge on any atom is -0.492 e. The van der Waals surface area contributed by atoms with Crippen LogP contribution in [0.5, 0.6) is 5.75 Å². The number of ether oxygens (including phenoxy) is 1. The number of fused-ring (bicyclic) bond motifs is 1. The fourth-order valence-corrected chi connectivity index (χ4v) is 4.52. The van der Waals surface area contributed by atoms with Crippen molar-refractivity contribution in [3.63, 3.8) is 0 Å². The molecular formula is C23H24N2O4S. The number of carbonyl (C=O) groups excluding carboxylic acids is 1. The predicted molar refractivity (Wildman–Crippen MR) is 116 cm³/mol. The van der Waals surface area contributed by atoms with Crippen molar-refractivity contribution in [3.8, 4) is 5.75 Å². The van der Waals surface area contributed by atoms with E-state index in [4.69, 9.17) is 4.74 Å². The Morgan fingerprint density at radius 2 is 1.80 bits per heavy atom. The number of aryl methyl sites for hydroxylation is 1. The smallest absolute Gasteiger partial charge is 0.251 e. The van der Waals surface area contributed by atoms with Crippen molar-refractivity contribution in [2.75, 3.05) is 13.2 Å². The summed E-state index contributed by atoms with van der Waals surface area (Å²) in [5, 5.41) is 5.03. The SMILES string of the molecule is Cc1ccc(S(=O)(=O)NC2CC2)cc1C(=O)NCCOc1ccc2ccccc2c1. The minimum atomic E-state index is -3.60. The van der Waals surface area contributed by atoms with Crippen molar-refractivity contribution >= 4 is 26.7 Å². The van der Waals surface area contributed by atoms with Gasteiger partial charge in [-0.1, -0.05) is 36.4 Å². The molecular weight excluding hydrogens is 400 g/mol. The van der Waals surface area contributed by atoms with Crippen molar-refractivity contribution in [2.24, 2.45) is 0 Å². The molecule has 0 atom stereocenters. The Bertz CT molecular complexity index is 1190. The van der Waals surface area contributed by atoms with Crippen LogP contribution in [0, 0.1) is 6.92 Å². The highest BCUT2D eigenvalue weighted by molar-refractivity contribution is 7.89. The standard InChI is InChI=1S/C23H24N2O4S/c1-16-6-11-21(30(27,28)25-19-8-9-19)15-22(16)23(26)24-12-13-29-20-10-7-17-4-2-3-5-18(17)14-20/h2-7,10-11,14-15,19,25H,8-9,12-13H2,1H3,(H,24,26). The van der Waals surface area contributed by atoms with Gasteiger partial charge < -0.3 is 10.1 Å². The second-order valence-corrected chi connectivity index (χ2v) is 9.20. The van der Waals surface area contributed by atoms with Gasteiger partial charge in [-0.25, -0.2) is 13.1 Å². The van der Waals surface area contributed by atoms with Crippen molar-refractivity contribution in [2.45, 2.75) is 30.7 Å². The van der Waals surface area contributed by atoms with Gasteiger partial charge in [-0.3, -0.25) is 4.79 Å². The molecule has 1 aliphatic carbocycles. The lowest BCUT2D eigenvalue weighted by Gasteiger charge is -2.12. The molecule has 4 rings (SSSR count). The maximum atomic E-state index is 12.6. The van der Waals surface area contributed by atoms with E-state index >= 15 is 0 Å². The summed E-state index contributed by atoms with van der Waals surface area (Å²) in [6.07, 6.45) is 1.71. The van der Waals surface area contributed by atoms with E-state index in [0.29, 0.717) is 24.3 Å². The summed E-state index contributed by atoms with van der Waals surface area (Å²) < 4.78 is 33.2. The van der Waals surface area contributed by atoms with Gasteiger partial charge in [0.05, 0.1) is 11.4 Å². The van der Waals surface area contributed by atoms with Crippen LogP contribution in [0.2, 0.25) is 0 Å². The number of amides is 1. The zero-order valence-corrected chi connectivity index (χ0v) is 17.5. The number of hydrogen-bond donors (Lipinski definition) is 2. The summed E-state index contributed by atoms with van der Waals surface area (Å²) >= 11 is 0. The van der Waals surface area contributed by atoms with E-state index in [1.54, 1.807) is 13.0 Å². The van der Waals surface area contributed by atoms with Gasteiger partial charge in [0, 0.05) is 11.6 Å². The summed E-state index contributed by atoms with van der Waals surface area (Å²) in [6.45, 7) is 2.40. The number of benzene rings is 3. The summed E-state index contributed by atoms with van der Waals surface area (Å²) in [4.78, 5) is 12.7. The van der Waals surface area contributed by atoms with Crippen LogP contribution < -0.4 is 14.8 Å². The van der Waals surface area contributed by atoms with Gasteiger partial charge in [-0.2, -0.15) is 0 Å². The van der Waals surface area contributed by atoms with Crippen molar-refractivity contribution in [1.29, 1.82) is 0 Å². The van der Waals surface area contributed by atoms with E-state index in [2.05, 4.69) is 10.0 Å². The summed E-state index contributed by atoms with van der Waals surface area (Å²) in [5.41, 5.74) is 1.06. The fraction of sp³-hybridized carbons (Fsp3) is 0.261. The Morgan fingerprint density at radius 1 is 1.03 bits per heavy atom. The molecule has 1 saturated carbocycles. The molecule has 0 unspecified atom stereocenters.